The third-order valence-electron chi connectivity index (χ3n) is 5.03. The van der Waals surface area contributed by atoms with Crippen molar-refractivity contribution in [2.24, 2.45) is 0 Å². The lowest BCUT2D eigenvalue weighted by molar-refractivity contribution is -0.113. The number of hydrogen-bond acceptors (Lipinski definition) is 6. The van der Waals surface area contributed by atoms with Crippen molar-refractivity contribution in [3.63, 3.8) is 0 Å². The lowest BCUT2D eigenvalue weighted by atomic mass is 10.2. The van der Waals surface area contributed by atoms with Crippen LogP contribution >= 0.6 is 23.4 Å². The second-order valence-corrected chi connectivity index (χ2v) is 8.74. The maximum Gasteiger partial charge on any atom is 0.266 e. The molecular formula is C25H19ClN4O3S. The number of rotatable bonds is 6. The maximum atomic E-state index is 13.5. The first kappa shape index (κ1) is 23.4. The van der Waals surface area contributed by atoms with Crippen LogP contribution in [-0.4, -0.2) is 28.3 Å². The third kappa shape index (κ3) is 4.76. The molecule has 3 aromatic carbocycles. The Morgan fingerprint density at radius 1 is 1.21 bits per heavy atom. The van der Waals surface area contributed by atoms with E-state index < -0.39 is 0 Å². The Hall–Kier alpha value is -3.80. The van der Waals surface area contributed by atoms with Gasteiger partial charge < -0.3 is 10.1 Å². The number of nitrogens with one attached hydrogen (secondary N) is 1. The first-order chi connectivity index (χ1) is 16.4. The number of aromatic nitrogens is 2. The molecule has 1 N–H and O–H groups in total. The molecule has 1 amide bonds. The first-order valence-corrected chi connectivity index (χ1v) is 11.6. The minimum absolute atomic E-state index is 0.0353. The number of para-hydroxylation sites is 1. The van der Waals surface area contributed by atoms with Crippen LogP contribution in [-0.2, 0) is 4.79 Å². The average Bonchev–Trinajstić information content (AvgIpc) is 2.83. The average molecular weight is 491 g/mol. The summed E-state index contributed by atoms with van der Waals surface area (Å²) in [5.74, 6) is 0.125. The molecule has 0 unspecified atom stereocenters. The van der Waals surface area contributed by atoms with Gasteiger partial charge in [0.1, 0.15) is 11.8 Å². The van der Waals surface area contributed by atoms with Crippen molar-refractivity contribution in [1.82, 2.24) is 9.55 Å². The molecule has 0 spiro atoms. The van der Waals surface area contributed by atoms with E-state index in [4.69, 9.17) is 16.3 Å². The monoisotopic (exact) mass is 490 g/mol. The van der Waals surface area contributed by atoms with Crippen molar-refractivity contribution in [3.05, 3.63) is 87.2 Å². The molecule has 0 fully saturated rings. The Morgan fingerprint density at radius 2 is 2.00 bits per heavy atom. The van der Waals surface area contributed by atoms with Gasteiger partial charge in [-0.2, -0.15) is 5.26 Å². The van der Waals surface area contributed by atoms with E-state index in [0.29, 0.717) is 43.8 Å². The molecule has 0 saturated heterocycles. The van der Waals surface area contributed by atoms with E-state index in [0.717, 1.165) is 17.3 Å². The van der Waals surface area contributed by atoms with Crippen LogP contribution in [0.25, 0.3) is 16.6 Å². The molecule has 0 aliphatic carbocycles. The van der Waals surface area contributed by atoms with Gasteiger partial charge in [-0.15, -0.1) is 0 Å². The molecular weight excluding hydrogens is 472 g/mol. The molecule has 1 heterocycles. The van der Waals surface area contributed by atoms with Crippen molar-refractivity contribution < 1.29 is 9.53 Å². The summed E-state index contributed by atoms with van der Waals surface area (Å²) >= 11 is 7.23. The molecule has 0 aliphatic heterocycles. The van der Waals surface area contributed by atoms with E-state index in [9.17, 15) is 14.9 Å². The van der Waals surface area contributed by atoms with E-state index in [1.165, 1.54) is 11.7 Å². The van der Waals surface area contributed by atoms with Crippen molar-refractivity contribution in [3.8, 4) is 17.5 Å². The number of fused-ring (bicyclic) bond motifs is 1. The Bertz CT molecular complexity index is 1510. The summed E-state index contributed by atoms with van der Waals surface area (Å²) in [6.45, 7) is 1.91. The van der Waals surface area contributed by atoms with Gasteiger partial charge in [-0.05, 0) is 55.0 Å². The van der Waals surface area contributed by atoms with E-state index in [1.807, 2.05) is 19.1 Å². The second kappa shape index (κ2) is 10.00. The number of benzene rings is 3. The highest BCUT2D eigenvalue weighted by Crippen LogP contribution is 2.29. The van der Waals surface area contributed by atoms with Crippen LogP contribution in [0.3, 0.4) is 0 Å². The Balaban J connectivity index is 1.76. The molecule has 7 nitrogen and oxygen atoms in total. The van der Waals surface area contributed by atoms with E-state index in [2.05, 4.69) is 16.4 Å². The van der Waals surface area contributed by atoms with Crippen LogP contribution in [0, 0.1) is 18.3 Å². The molecule has 0 atom stereocenters. The van der Waals surface area contributed by atoms with Crippen molar-refractivity contribution in [1.29, 1.82) is 5.26 Å². The van der Waals surface area contributed by atoms with Gasteiger partial charge in [0.2, 0.25) is 5.91 Å². The predicted molar refractivity (Wildman–Crippen MR) is 134 cm³/mol. The van der Waals surface area contributed by atoms with Crippen molar-refractivity contribution >= 4 is 45.9 Å². The zero-order chi connectivity index (χ0) is 24.2. The van der Waals surface area contributed by atoms with Crippen LogP contribution in [0.2, 0.25) is 5.02 Å². The van der Waals surface area contributed by atoms with Crippen LogP contribution in [0.15, 0.2) is 70.6 Å². The molecule has 0 radical (unpaired) electrons. The van der Waals surface area contributed by atoms with Gasteiger partial charge in [0.25, 0.3) is 5.56 Å². The third-order valence-corrected chi connectivity index (χ3v) is 6.20. The number of methoxy groups -OCH3 is 1. The highest BCUT2D eigenvalue weighted by atomic mass is 35.5. The van der Waals surface area contributed by atoms with E-state index >= 15 is 0 Å². The molecule has 1 aromatic heterocycles. The fourth-order valence-electron chi connectivity index (χ4n) is 3.43. The maximum absolute atomic E-state index is 13.5. The number of nitriles is 1. The van der Waals surface area contributed by atoms with Crippen LogP contribution in [0.4, 0.5) is 5.69 Å². The molecule has 9 heteroatoms. The zero-order valence-corrected chi connectivity index (χ0v) is 19.9. The minimum Gasteiger partial charge on any atom is -0.495 e. The molecule has 4 rings (SSSR count). The SMILES string of the molecule is COc1ccc(C)cc1-n1c(SCC(=O)Nc2ccccc2C#N)nc2cc(Cl)ccc2c1=O. The molecule has 0 aliphatic rings. The first-order valence-electron chi connectivity index (χ1n) is 10.2. The number of thioether (sulfide) groups is 1. The Morgan fingerprint density at radius 3 is 2.76 bits per heavy atom. The smallest absolute Gasteiger partial charge is 0.266 e. The van der Waals surface area contributed by atoms with Crippen LogP contribution < -0.4 is 15.6 Å². The fourth-order valence-corrected chi connectivity index (χ4v) is 4.40. The molecule has 170 valence electrons. The number of halogens is 1. The van der Waals surface area contributed by atoms with E-state index in [-0.39, 0.29) is 17.2 Å². The highest BCUT2D eigenvalue weighted by Gasteiger charge is 2.18. The van der Waals surface area contributed by atoms with Crippen LogP contribution in [0.1, 0.15) is 11.1 Å². The zero-order valence-electron chi connectivity index (χ0n) is 18.3. The second-order valence-electron chi connectivity index (χ2n) is 7.37. The van der Waals surface area contributed by atoms with E-state index in [1.54, 1.807) is 48.5 Å². The highest BCUT2D eigenvalue weighted by molar-refractivity contribution is 7.99. The summed E-state index contributed by atoms with van der Waals surface area (Å²) < 4.78 is 6.95. The van der Waals surface area contributed by atoms with Gasteiger partial charge in [0.15, 0.2) is 5.16 Å². The fraction of sp³-hybridized carbons (Fsp3) is 0.120. The van der Waals surface area contributed by atoms with Gasteiger partial charge >= 0.3 is 0 Å². The quantitative estimate of drug-likeness (QED) is 0.303. The largest absolute Gasteiger partial charge is 0.495 e. The molecule has 0 bridgehead atoms. The topological polar surface area (TPSA) is 97.0 Å². The summed E-state index contributed by atoms with van der Waals surface area (Å²) in [7, 11) is 1.53. The Labute approximate surface area is 205 Å². The number of amides is 1. The van der Waals surface area contributed by atoms with Crippen LogP contribution in [0.5, 0.6) is 5.75 Å². The Kier molecular flexibility index (Phi) is 6.87. The number of carbonyl (C=O) groups excluding carboxylic acids is 1. The molecule has 4 aromatic rings. The van der Waals surface area contributed by atoms with Gasteiger partial charge in [0.05, 0.1) is 40.7 Å². The number of anilines is 1. The summed E-state index contributed by atoms with van der Waals surface area (Å²) in [4.78, 5) is 30.9. The van der Waals surface area contributed by atoms with Gasteiger partial charge in [-0.25, -0.2) is 4.98 Å². The number of aryl methyl sites for hydroxylation is 1. The number of nitrogens with zero attached hydrogens (tertiary/aromatic N) is 3. The molecule has 0 saturated carbocycles. The molecule has 34 heavy (non-hydrogen) atoms. The summed E-state index contributed by atoms with van der Waals surface area (Å²) in [6.07, 6.45) is 0. The van der Waals surface area contributed by atoms with Gasteiger partial charge in [0, 0.05) is 5.02 Å². The van der Waals surface area contributed by atoms with Gasteiger partial charge in [-0.1, -0.05) is 41.6 Å². The predicted octanol–water partition coefficient (Wildman–Crippen LogP) is 4.96. The lowest BCUT2D eigenvalue weighted by Gasteiger charge is -2.16. The van der Waals surface area contributed by atoms with Crippen molar-refractivity contribution in [2.75, 3.05) is 18.2 Å². The lowest BCUT2D eigenvalue weighted by Crippen LogP contribution is -2.23. The number of hydrogen-bond donors (Lipinski definition) is 1. The normalized spacial score (nSPS) is 10.6. The van der Waals surface area contributed by atoms with Gasteiger partial charge in [-0.3, -0.25) is 14.2 Å². The number of ether oxygens (including phenoxy) is 1. The summed E-state index contributed by atoms with van der Waals surface area (Å²) in [6, 6.07) is 19.2. The van der Waals surface area contributed by atoms with Crippen molar-refractivity contribution in [2.45, 2.75) is 12.1 Å². The minimum atomic E-state index is -0.337. The summed E-state index contributed by atoms with van der Waals surface area (Å²) in [5.41, 5.74) is 2.36. The number of carbonyl (C=O) groups is 1. The standard InChI is InChI=1S/C25H19ClN4O3S/c1-15-7-10-22(33-2)21(11-15)30-24(32)18-9-8-17(26)12-20(18)29-25(30)34-14-23(31)28-19-6-4-3-5-16(19)13-27/h3-12H,14H2,1-2H3,(H,28,31). The summed E-state index contributed by atoms with van der Waals surface area (Å²) in [5, 5.41) is 13.1.